The highest BCUT2D eigenvalue weighted by Gasteiger charge is 2.17. The van der Waals surface area contributed by atoms with Crippen LogP contribution in [-0.2, 0) is 4.79 Å². The Bertz CT molecular complexity index is 856. The second kappa shape index (κ2) is 9.22. The smallest absolute Gasteiger partial charge is 0.248 e. The number of benzene rings is 2. The number of piperazine rings is 1. The van der Waals surface area contributed by atoms with Gasteiger partial charge in [0.15, 0.2) is 0 Å². The number of carbonyl (C=O) groups excluding carboxylic acids is 1. The quantitative estimate of drug-likeness (QED) is 0.745. The fourth-order valence-electron chi connectivity index (χ4n) is 3.41. The van der Waals surface area contributed by atoms with Gasteiger partial charge in [-0.1, -0.05) is 24.6 Å². The molecule has 0 aromatic heterocycles. The second-order valence-electron chi connectivity index (χ2n) is 6.88. The first-order valence-corrected chi connectivity index (χ1v) is 9.86. The van der Waals surface area contributed by atoms with E-state index < -0.39 is 5.82 Å². The number of nitrogens with one attached hydrogen (secondary N) is 1. The van der Waals surface area contributed by atoms with Crippen molar-refractivity contribution in [1.29, 1.82) is 0 Å². The number of anilines is 2. The van der Waals surface area contributed by atoms with Crippen LogP contribution in [0.5, 0.6) is 0 Å². The number of hydrogen-bond donors (Lipinski definition) is 1. The lowest BCUT2D eigenvalue weighted by atomic mass is 10.1. The highest BCUT2D eigenvalue weighted by atomic mass is 35.5. The van der Waals surface area contributed by atoms with Gasteiger partial charge in [0.25, 0.3) is 0 Å². The van der Waals surface area contributed by atoms with E-state index in [1.807, 2.05) is 25.1 Å². The van der Waals surface area contributed by atoms with E-state index in [0.717, 1.165) is 38.3 Å². The van der Waals surface area contributed by atoms with Crippen LogP contribution < -0.4 is 10.2 Å². The molecule has 1 aliphatic rings. The Balaban J connectivity index is 1.64. The maximum Gasteiger partial charge on any atom is 0.248 e. The molecule has 0 spiro atoms. The minimum atomic E-state index is -0.458. The zero-order valence-corrected chi connectivity index (χ0v) is 17.0. The third-order valence-corrected chi connectivity index (χ3v) is 5.36. The maximum absolute atomic E-state index is 13.8. The normalized spacial score (nSPS) is 15.2. The van der Waals surface area contributed by atoms with Crippen LogP contribution in [0, 0.1) is 12.7 Å². The Kier molecular flexibility index (Phi) is 6.70. The van der Waals surface area contributed by atoms with Crippen LogP contribution >= 0.6 is 11.6 Å². The summed E-state index contributed by atoms with van der Waals surface area (Å²) in [5.41, 5.74) is 3.23. The summed E-state index contributed by atoms with van der Waals surface area (Å²) in [5, 5.41) is 3.09. The maximum atomic E-state index is 13.8. The lowest BCUT2D eigenvalue weighted by molar-refractivity contribution is -0.111. The van der Waals surface area contributed by atoms with E-state index in [-0.39, 0.29) is 16.5 Å². The van der Waals surface area contributed by atoms with Gasteiger partial charge in [0.05, 0.1) is 5.02 Å². The Hall–Kier alpha value is -2.37. The van der Waals surface area contributed by atoms with Gasteiger partial charge >= 0.3 is 0 Å². The van der Waals surface area contributed by atoms with Gasteiger partial charge in [-0.15, -0.1) is 0 Å². The molecule has 4 nitrogen and oxygen atoms in total. The molecule has 1 aliphatic heterocycles. The fraction of sp³-hybridized carbons (Fsp3) is 0.318. The molecule has 28 heavy (non-hydrogen) atoms. The van der Waals surface area contributed by atoms with Gasteiger partial charge in [-0.05, 0) is 55.4 Å². The van der Waals surface area contributed by atoms with Crippen LogP contribution in [0.3, 0.4) is 0 Å². The first-order valence-electron chi connectivity index (χ1n) is 9.49. The largest absolute Gasteiger partial charge is 0.369 e. The highest BCUT2D eigenvalue weighted by molar-refractivity contribution is 6.32. The first kappa shape index (κ1) is 20.4. The standard InChI is InChI=1S/C22H25ClFN3O/c1-3-26-11-13-27(14-12-26)21-9-7-17(15-16(21)2)25-22(28)10-8-18-19(23)5-4-6-20(18)24/h4-10,15H,3,11-14H2,1-2H3,(H,25,28)/b10-8+. The van der Waals surface area contributed by atoms with Crippen molar-refractivity contribution in [2.75, 3.05) is 42.9 Å². The second-order valence-corrected chi connectivity index (χ2v) is 7.29. The Morgan fingerprint density at radius 2 is 1.96 bits per heavy atom. The predicted molar refractivity (Wildman–Crippen MR) is 115 cm³/mol. The van der Waals surface area contributed by atoms with Crippen LogP contribution in [0.2, 0.25) is 5.02 Å². The van der Waals surface area contributed by atoms with E-state index in [2.05, 4.69) is 22.0 Å². The summed E-state index contributed by atoms with van der Waals surface area (Å²) in [6.45, 7) is 9.47. The molecule has 2 aromatic carbocycles. The summed E-state index contributed by atoms with van der Waals surface area (Å²) in [5.74, 6) is -0.789. The molecule has 0 unspecified atom stereocenters. The topological polar surface area (TPSA) is 35.6 Å². The van der Waals surface area contributed by atoms with Gasteiger partial charge in [0.1, 0.15) is 5.82 Å². The van der Waals surface area contributed by atoms with Gasteiger partial charge in [0.2, 0.25) is 5.91 Å². The molecular formula is C22H25ClFN3O. The average Bonchev–Trinajstić information content (AvgIpc) is 2.68. The van der Waals surface area contributed by atoms with E-state index in [1.54, 1.807) is 6.07 Å². The van der Waals surface area contributed by atoms with Gasteiger partial charge in [-0.2, -0.15) is 0 Å². The molecule has 1 saturated heterocycles. The van der Waals surface area contributed by atoms with Crippen molar-refractivity contribution in [3.8, 4) is 0 Å². The molecule has 0 radical (unpaired) electrons. The van der Waals surface area contributed by atoms with E-state index >= 15 is 0 Å². The minimum absolute atomic E-state index is 0.206. The van der Waals surface area contributed by atoms with Crippen LogP contribution in [0.4, 0.5) is 15.8 Å². The number of amides is 1. The number of carbonyl (C=O) groups is 1. The van der Waals surface area contributed by atoms with E-state index in [0.29, 0.717) is 5.69 Å². The molecule has 1 fully saturated rings. The Morgan fingerprint density at radius 3 is 2.61 bits per heavy atom. The van der Waals surface area contributed by atoms with Crippen molar-refractivity contribution in [2.24, 2.45) is 0 Å². The van der Waals surface area contributed by atoms with Gasteiger partial charge in [-0.3, -0.25) is 4.79 Å². The predicted octanol–water partition coefficient (Wildman–Crippen LogP) is 4.58. The molecule has 1 N–H and O–H groups in total. The molecule has 3 rings (SSSR count). The van der Waals surface area contributed by atoms with Crippen molar-refractivity contribution >= 4 is 35.0 Å². The molecule has 0 saturated carbocycles. The number of likely N-dealkylation sites (N-methyl/N-ethyl adjacent to an activating group) is 1. The summed E-state index contributed by atoms with van der Waals surface area (Å²) in [6.07, 6.45) is 2.68. The van der Waals surface area contributed by atoms with Crippen molar-refractivity contribution < 1.29 is 9.18 Å². The van der Waals surface area contributed by atoms with Crippen LogP contribution in [0.15, 0.2) is 42.5 Å². The Labute approximate surface area is 170 Å². The zero-order chi connectivity index (χ0) is 20.1. The fourth-order valence-corrected chi connectivity index (χ4v) is 3.63. The molecule has 2 aromatic rings. The first-order chi connectivity index (χ1) is 13.5. The van der Waals surface area contributed by atoms with E-state index in [9.17, 15) is 9.18 Å². The van der Waals surface area contributed by atoms with Gasteiger partial charge < -0.3 is 15.1 Å². The van der Waals surface area contributed by atoms with Crippen LogP contribution in [0.1, 0.15) is 18.1 Å². The van der Waals surface area contributed by atoms with Crippen LogP contribution in [-0.4, -0.2) is 43.5 Å². The highest BCUT2D eigenvalue weighted by Crippen LogP contribution is 2.25. The molecule has 148 valence electrons. The van der Waals surface area contributed by atoms with Crippen LogP contribution in [0.25, 0.3) is 6.08 Å². The van der Waals surface area contributed by atoms with Crippen molar-refractivity contribution in [2.45, 2.75) is 13.8 Å². The summed E-state index contributed by atoms with van der Waals surface area (Å²) < 4.78 is 13.8. The lowest BCUT2D eigenvalue weighted by Crippen LogP contribution is -2.46. The van der Waals surface area contributed by atoms with E-state index in [1.165, 1.54) is 30.0 Å². The van der Waals surface area contributed by atoms with E-state index in [4.69, 9.17) is 11.6 Å². The molecule has 1 amide bonds. The summed E-state index contributed by atoms with van der Waals surface area (Å²) in [6, 6.07) is 10.3. The summed E-state index contributed by atoms with van der Waals surface area (Å²) >= 11 is 5.97. The Morgan fingerprint density at radius 1 is 1.21 bits per heavy atom. The number of rotatable bonds is 5. The molecule has 0 bridgehead atoms. The molecular weight excluding hydrogens is 377 g/mol. The molecule has 0 aliphatic carbocycles. The van der Waals surface area contributed by atoms with Crippen molar-refractivity contribution in [3.63, 3.8) is 0 Å². The molecule has 6 heteroatoms. The summed E-state index contributed by atoms with van der Waals surface area (Å²) in [7, 11) is 0. The number of hydrogen-bond acceptors (Lipinski definition) is 3. The minimum Gasteiger partial charge on any atom is -0.369 e. The number of aryl methyl sites for hydroxylation is 1. The molecule has 1 heterocycles. The third kappa shape index (κ3) is 4.91. The zero-order valence-electron chi connectivity index (χ0n) is 16.2. The van der Waals surface area contributed by atoms with Crippen molar-refractivity contribution in [1.82, 2.24) is 4.90 Å². The summed E-state index contributed by atoms with van der Waals surface area (Å²) in [4.78, 5) is 17.0. The monoisotopic (exact) mass is 401 g/mol. The number of halogens is 2. The average molecular weight is 402 g/mol. The van der Waals surface area contributed by atoms with Gasteiger partial charge in [0, 0.05) is 49.2 Å². The van der Waals surface area contributed by atoms with Gasteiger partial charge in [-0.25, -0.2) is 4.39 Å². The molecule has 0 atom stereocenters. The number of nitrogens with zero attached hydrogens (tertiary/aromatic N) is 2. The van der Waals surface area contributed by atoms with Crippen molar-refractivity contribution in [3.05, 3.63) is 64.4 Å². The third-order valence-electron chi connectivity index (χ3n) is 5.03. The lowest BCUT2D eigenvalue weighted by Gasteiger charge is -2.36. The SMILES string of the molecule is CCN1CCN(c2ccc(NC(=O)/C=C/c3c(F)cccc3Cl)cc2C)CC1.